The summed E-state index contributed by atoms with van der Waals surface area (Å²) in [5, 5.41) is 0. The van der Waals surface area contributed by atoms with Gasteiger partial charge < -0.3 is 5.73 Å². The topological polar surface area (TPSA) is 26.0 Å². The van der Waals surface area contributed by atoms with Gasteiger partial charge in [0.05, 0.1) is 0 Å². The zero-order valence-electron chi connectivity index (χ0n) is 7.33. The summed E-state index contributed by atoms with van der Waals surface area (Å²) < 4.78 is 0. The molecule has 3 atom stereocenters. The van der Waals surface area contributed by atoms with E-state index in [4.69, 9.17) is 5.73 Å². The Morgan fingerprint density at radius 3 is 2.55 bits per heavy atom. The number of nitrogens with two attached hydrogens (primary N) is 1. The Morgan fingerprint density at radius 1 is 1.36 bits per heavy atom. The predicted octanol–water partition coefficient (Wildman–Crippen LogP) is 1.96. The molecule has 0 saturated carbocycles. The normalized spacial score (nSPS) is 32.3. The zero-order chi connectivity index (χ0) is 8.27. The van der Waals surface area contributed by atoms with Crippen LogP contribution in [0.2, 0.25) is 0 Å². The maximum absolute atomic E-state index is 5.61. The number of hydrogen-bond acceptors (Lipinski definition) is 1. The standard InChI is InChI=1S/C10H17N/c1-8-5-3-4-6-10(8)9(2)7-11/h3-6,8-10H,7,11H2,1-2H3. The highest BCUT2D eigenvalue weighted by atomic mass is 14.5. The fourth-order valence-corrected chi connectivity index (χ4v) is 1.60. The molecule has 0 aromatic rings. The largest absolute Gasteiger partial charge is 0.330 e. The predicted molar refractivity (Wildman–Crippen MR) is 49.2 cm³/mol. The highest BCUT2D eigenvalue weighted by Crippen LogP contribution is 2.25. The lowest BCUT2D eigenvalue weighted by atomic mass is 9.81. The first-order valence-corrected chi connectivity index (χ1v) is 4.30. The number of allylic oxidation sites excluding steroid dienone is 4. The minimum atomic E-state index is 0.603. The highest BCUT2D eigenvalue weighted by Gasteiger charge is 2.19. The molecule has 1 aliphatic rings. The van der Waals surface area contributed by atoms with E-state index >= 15 is 0 Å². The van der Waals surface area contributed by atoms with E-state index in [2.05, 4.69) is 38.2 Å². The van der Waals surface area contributed by atoms with E-state index in [0.29, 0.717) is 17.8 Å². The second-order valence-corrected chi connectivity index (χ2v) is 3.42. The third kappa shape index (κ3) is 1.93. The monoisotopic (exact) mass is 151 g/mol. The van der Waals surface area contributed by atoms with E-state index in [1.165, 1.54) is 0 Å². The van der Waals surface area contributed by atoms with Crippen molar-refractivity contribution in [2.45, 2.75) is 13.8 Å². The minimum absolute atomic E-state index is 0.603. The summed E-state index contributed by atoms with van der Waals surface area (Å²) in [7, 11) is 0. The molecule has 2 N–H and O–H groups in total. The maximum atomic E-state index is 5.61. The molecule has 1 nitrogen and oxygen atoms in total. The Kier molecular flexibility index (Phi) is 2.89. The van der Waals surface area contributed by atoms with Gasteiger partial charge >= 0.3 is 0 Å². The Bertz CT molecular complexity index is 170. The van der Waals surface area contributed by atoms with Crippen molar-refractivity contribution in [1.82, 2.24) is 0 Å². The lowest BCUT2D eigenvalue weighted by Gasteiger charge is -2.25. The first-order valence-electron chi connectivity index (χ1n) is 4.30. The molecule has 0 radical (unpaired) electrons. The Hall–Kier alpha value is -0.560. The maximum Gasteiger partial charge on any atom is -0.00457 e. The second kappa shape index (κ2) is 3.72. The summed E-state index contributed by atoms with van der Waals surface area (Å²) in [6, 6.07) is 0. The van der Waals surface area contributed by atoms with Crippen molar-refractivity contribution >= 4 is 0 Å². The summed E-state index contributed by atoms with van der Waals surface area (Å²) in [4.78, 5) is 0. The van der Waals surface area contributed by atoms with Gasteiger partial charge in [0.1, 0.15) is 0 Å². The first-order chi connectivity index (χ1) is 5.25. The average Bonchev–Trinajstić information content (AvgIpc) is 2.04. The zero-order valence-corrected chi connectivity index (χ0v) is 7.33. The van der Waals surface area contributed by atoms with Crippen LogP contribution in [0.3, 0.4) is 0 Å². The van der Waals surface area contributed by atoms with Crippen molar-refractivity contribution < 1.29 is 0 Å². The van der Waals surface area contributed by atoms with Crippen LogP contribution in [0, 0.1) is 17.8 Å². The van der Waals surface area contributed by atoms with Gasteiger partial charge in [0.15, 0.2) is 0 Å². The summed E-state index contributed by atoms with van der Waals surface area (Å²) >= 11 is 0. The minimum Gasteiger partial charge on any atom is -0.330 e. The van der Waals surface area contributed by atoms with Crippen LogP contribution in [0.1, 0.15) is 13.8 Å². The van der Waals surface area contributed by atoms with Gasteiger partial charge in [0.2, 0.25) is 0 Å². The smallest absolute Gasteiger partial charge is 0.00457 e. The summed E-state index contributed by atoms with van der Waals surface area (Å²) in [5.41, 5.74) is 5.61. The van der Waals surface area contributed by atoms with Crippen LogP contribution >= 0.6 is 0 Å². The molecule has 1 heteroatoms. The van der Waals surface area contributed by atoms with Crippen molar-refractivity contribution in [1.29, 1.82) is 0 Å². The van der Waals surface area contributed by atoms with Crippen molar-refractivity contribution in [3.8, 4) is 0 Å². The first kappa shape index (κ1) is 8.54. The van der Waals surface area contributed by atoms with E-state index in [-0.39, 0.29) is 0 Å². The van der Waals surface area contributed by atoms with Crippen molar-refractivity contribution in [3.05, 3.63) is 24.3 Å². The lowest BCUT2D eigenvalue weighted by Crippen LogP contribution is -2.24. The van der Waals surface area contributed by atoms with Gasteiger partial charge in [0, 0.05) is 0 Å². The van der Waals surface area contributed by atoms with Crippen LogP contribution in [0.15, 0.2) is 24.3 Å². The van der Waals surface area contributed by atoms with E-state index in [9.17, 15) is 0 Å². The summed E-state index contributed by atoms with van der Waals surface area (Å²) in [6.45, 7) is 5.24. The second-order valence-electron chi connectivity index (χ2n) is 3.42. The highest BCUT2D eigenvalue weighted by molar-refractivity contribution is 5.14. The molecular formula is C10H17N. The van der Waals surface area contributed by atoms with Gasteiger partial charge in [-0.25, -0.2) is 0 Å². The molecular weight excluding hydrogens is 134 g/mol. The molecule has 1 aliphatic carbocycles. The number of hydrogen-bond donors (Lipinski definition) is 1. The third-order valence-electron chi connectivity index (χ3n) is 2.50. The van der Waals surface area contributed by atoms with Gasteiger partial charge in [-0.3, -0.25) is 0 Å². The van der Waals surface area contributed by atoms with E-state index in [1.54, 1.807) is 0 Å². The fraction of sp³-hybridized carbons (Fsp3) is 0.600. The van der Waals surface area contributed by atoms with E-state index in [0.717, 1.165) is 6.54 Å². The average molecular weight is 151 g/mol. The van der Waals surface area contributed by atoms with Crippen LogP contribution in [0.25, 0.3) is 0 Å². The van der Waals surface area contributed by atoms with Gasteiger partial charge in [0.25, 0.3) is 0 Å². The Morgan fingerprint density at radius 2 is 2.00 bits per heavy atom. The van der Waals surface area contributed by atoms with Crippen molar-refractivity contribution in [3.63, 3.8) is 0 Å². The molecule has 0 heterocycles. The molecule has 62 valence electrons. The quantitative estimate of drug-likeness (QED) is 0.641. The molecule has 1 rings (SSSR count). The number of rotatable bonds is 2. The molecule has 0 saturated heterocycles. The SMILES string of the molecule is CC1C=CC=CC1C(C)CN. The Labute approximate surface area is 69.0 Å². The van der Waals surface area contributed by atoms with Crippen LogP contribution in [0.5, 0.6) is 0 Å². The lowest BCUT2D eigenvalue weighted by molar-refractivity contribution is 0.363. The van der Waals surface area contributed by atoms with Crippen LogP contribution < -0.4 is 5.73 Å². The molecule has 0 spiro atoms. The van der Waals surface area contributed by atoms with Crippen LogP contribution in [-0.4, -0.2) is 6.54 Å². The molecule has 0 aliphatic heterocycles. The van der Waals surface area contributed by atoms with Gasteiger partial charge in [-0.15, -0.1) is 0 Å². The van der Waals surface area contributed by atoms with Gasteiger partial charge in [-0.2, -0.15) is 0 Å². The fourth-order valence-electron chi connectivity index (χ4n) is 1.60. The van der Waals surface area contributed by atoms with Gasteiger partial charge in [-0.1, -0.05) is 38.2 Å². The van der Waals surface area contributed by atoms with Crippen LogP contribution in [0.4, 0.5) is 0 Å². The van der Waals surface area contributed by atoms with E-state index in [1.807, 2.05) is 0 Å². The molecule has 0 fully saturated rings. The van der Waals surface area contributed by atoms with E-state index < -0.39 is 0 Å². The molecule has 11 heavy (non-hydrogen) atoms. The molecule has 0 aromatic carbocycles. The van der Waals surface area contributed by atoms with Crippen LogP contribution in [-0.2, 0) is 0 Å². The molecule has 0 aromatic heterocycles. The summed E-state index contributed by atoms with van der Waals surface area (Å²) in [6.07, 6.45) is 8.75. The van der Waals surface area contributed by atoms with Gasteiger partial charge in [-0.05, 0) is 24.3 Å². The molecule has 0 amide bonds. The van der Waals surface area contributed by atoms with Crippen molar-refractivity contribution in [2.24, 2.45) is 23.5 Å². The molecule has 3 unspecified atom stereocenters. The Balaban J connectivity index is 2.58. The summed E-state index contributed by atoms with van der Waals surface area (Å²) in [5.74, 6) is 1.90. The van der Waals surface area contributed by atoms with Crippen molar-refractivity contribution in [2.75, 3.05) is 6.54 Å². The third-order valence-corrected chi connectivity index (χ3v) is 2.50. The molecule has 0 bridgehead atoms.